The molecular weight excluding hydrogens is 292 g/mol. The van der Waals surface area contributed by atoms with Crippen LogP contribution in [0.1, 0.15) is 31.1 Å². The van der Waals surface area contributed by atoms with Crippen molar-refractivity contribution in [2.45, 2.75) is 32.9 Å². The highest BCUT2D eigenvalue weighted by Gasteiger charge is 2.19. The third kappa shape index (κ3) is 3.88. The Bertz CT molecular complexity index is 673. The van der Waals surface area contributed by atoms with Gasteiger partial charge in [-0.05, 0) is 39.0 Å². The van der Waals surface area contributed by atoms with Gasteiger partial charge < -0.3 is 4.52 Å². The number of hydrogen-bond acceptors (Lipinski definition) is 4. The molecule has 1 aromatic carbocycles. The Hall–Kier alpha value is -2.28. The van der Waals surface area contributed by atoms with Gasteiger partial charge in [-0.1, -0.05) is 5.16 Å². The van der Waals surface area contributed by atoms with Crippen molar-refractivity contribution in [3.05, 3.63) is 47.2 Å². The molecule has 7 heteroatoms. The van der Waals surface area contributed by atoms with Crippen LogP contribution in [-0.2, 0) is 4.79 Å². The number of nitrogens with one attached hydrogen (secondary N) is 2. The van der Waals surface area contributed by atoms with Gasteiger partial charge in [0.25, 0.3) is 0 Å². The van der Waals surface area contributed by atoms with Crippen molar-refractivity contribution in [3.63, 3.8) is 0 Å². The van der Waals surface area contributed by atoms with Gasteiger partial charge in [0.1, 0.15) is 11.6 Å². The summed E-state index contributed by atoms with van der Waals surface area (Å²) < 4.78 is 31.8. The monoisotopic (exact) mass is 309 g/mol. The Labute approximate surface area is 126 Å². The largest absolute Gasteiger partial charge is 0.338 e. The Morgan fingerprint density at radius 3 is 2.64 bits per heavy atom. The summed E-state index contributed by atoms with van der Waals surface area (Å²) in [6, 6.07) is 3.63. The molecule has 118 valence electrons. The molecule has 22 heavy (non-hydrogen) atoms. The molecule has 0 unspecified atom stereocenters. The lowest BCUT2D eigenvalue weighted by molar-refractivity contribution is -0.118. The summed E-state index contributed by atoms with van der Waals surface area (Å²) in [5.41, 5.74) is 0.807. The molecule has 0 spiro atoms. The van der Waals surface area contributed by atoms with Gasteiger partial charge in [0.05, 0.1) is 11.7 Å². The molecule has 0 aliphatic carbocycles. The Morgan fingerprint density at radius 1 is 1.27 bits per heavy atom. The number of halogens is 2. The number of nitrogens with zero attached hydrogens (tertiary/aromatic N) is 1. The van der Waals surface area contributed by atoms with Crippen LogP contribution in [0.5, 0.6) is 0 Å². The number of carbonyl (C=O) groups excluding carboxylic acids is 1. The van der Waals surface area contributed by atoms with E-state index in [1.54, 1.807) is 26.8 Å². The number of carbonyl (C=O) groups is 1. The maximum absolute atomic E-state index is 13.7. The standard InChI is InChI=1S/C15H17F2N3O2/c1-8-6-14(22-20-8)19-15(21)10(3)18-9(2)12-7-11(16)4-5-13(12)17/h4-7,9-10,18H,1-3H3,(H,19,21)/t9-,10+/m0/s1. The second kappa shape index (κ2) is 6.65. The van der Waals surface area contributed by atoms with E-state index in [4.69, 9.17) is 4.52 Å². The second-order valence-corrected chi connectivity index (χ2v) is 5.10. The molecule has 0 fully saturated rings. The van der Waals surface area contributed by atoms with Gasteiger partial charge in [-0.2, -0.15) is 0 Å². The van der Waals surface area contributed by atoms with Crippen molar-refractivity contribution in [1.82, 2.24) is 10.5 Å². The Kier molecular flexibility index (Phi) is 4.87. The maximum atomic E-state index is 13.7. The summed E-state index contributed by atoms with van der Waals surface area (Å²) in [5, 5.41) is 9.11. The topological polar surface area (TPSA) is 67.2 Å². The van der Waals surface area contributed by atoms with E-state index in [2.05, 4.69) is 15.8 Å². The van der Waals surface area contributed by atoms with Gasteiger partial charge in [0.2, 0.25) is 11.8 Å². The summed E-state index contributed by atoms with van der Waals surface area (Å²) in [5.74, 6) is -1.18. The molecule has 2 rings (SSSR count). The van der Waals surface area contributed by atoms with E-state index in [0.29, 0.717) is 5.69 Å². The summed E-state index contributed by atoms with van der Waals surface area (Å²) in [7, 11) is 0. The summed E-state index contributed by atoms with van der Waals surface area (Å²) >= 11 is 0. The molecule has 0 saturated carbocycles. The van der Waals surface area contributed by atoms with E-state index >= 15 is 0 Å². The second-order valence-electron chi connectivity index (χ2n) is 5.10. The Morgan fingerprint density at radius 2 is 2.00 bits per heavy atom. The van der Waals surface area contributed by atoms with Gasteiger partial charge >= 0.3 is 0 Å². The minimum atomic E-state index is -0.636. The van der Waals surface area contributed by atoms with Crippen LogP contribution in [0.15, 0.2) is 28.8 Å². The van der Waals surface area contributed by atoms with Crippen LogP contribution in [-0.4, -0.2) is 17.1 Å². The van der Waals surface area contributed by atoms with Gasteiger partial charge in [0.15, 0.2) is 0 Å². The molecule has 1 heterocycles. The molecule has 2 atom stereocenters. The molecule has 0 aliphatic heterocycles. The number of aromatic nitrogens is 1. The van der Waals surface area contributed by atoms with Crippen molar-refractivity contribution in [1.29, 1.82) is 0 Å². The van der Waals surface area contributed by atoms with Gasteiger partial charge in [-0.25, -0.2) is 8.78 Å². The van der Waals surface area contributed by atoms with E-state index in [1.165, 1.54) is 0 Å². The zero-order valence-corrected chi connectivity index (χ0v) is 12.5. The first-order valence-corrected chi connectivity index (χ1v) is 6.82. The molecule has 2 N–H and O–H groups in total. The number of aryl methyl sites for hydroxylation is 1. The third-order valence-electron chi connectivity index (χ3n) is 3.19. The minimum absolute atomic E-state index is 0.162. The van der Waals surface area contributed by atoms with Crippen LogP contribution in [0.2, 0.25) is 0 Å². The number of hydrogen-bond donors (Lipinski definition) is 2. The van der Waals surface area contributed by atoms with Crippen LogP contribution in [0, 0.1) is 18.6 Å². The molecule has 0 saturated heterocycles. The first-order valence-electron chi connectivity index (χ1n) is 6.82. The highest BCUT2D eigenvalue weighted by molar-refractivity contribution is 5.93. The van der Waals surface area contributed by atoms with E-state index in [1.807, 2.05) is 0 Å². The van der Waals surface area contributed by atoms with Crippen LogP contribution in [0.3, 0.4) is 0 Å². The lowest BCUT2D eigenvalue weighted by Crippen LogP contribution is -2.39. The van der Waals surface area contributed by atoms with Crippen molar-refractivity contribution < 1.29 is 18.1 Å². The number of rotatable bonds is 5. The van der Waals surface area contributed by atoms with Crippen molar-refractivity contribution >= 4 is 11.8 Å². The van der Waals surface area contributed by atoms with E-state index in [0.717, 1.165) is 18.2 Å². The summed E-state index contributed by atoms with van der Waals surface area (Å²) in [4.78, 5) is 12.0. The molecule has 2 aromatic rings. The highest BCUT2D eigenvalue weighted by atomic mass is 19.1. The summed E-state index contributed by atoms with van der Waals surface area (Å²) in [6.07, 6.45) is 0. The fraction of sp³-hybridized carbons (Fsp3) is 0.333. The normalized spacial score (nSPS) is 13.7. The first kappa shape index (κ1) is 16.1. The van der Waals surface area contributed by atoms with E-state index in [-0.39, 0.29) is 17.4 Å². The number of anilines is 1. The third-order valence-corrected chi connectivity index (χ3v) is 3.19. The highest BCUT2D eigenvalue weighted by Crippen LogP contribution is 2.18. The zero-order chi connectivity index (χ0) is 16.3. The predicted molar refractivity (Wildman–Crippen MR) is 77.2 cm³/mol. The molecule has 0 bridgehead atoms. The first-order chi connectivity index (χ1) is 10.4. The smallest absolute Gasteiger partial charge is 0.243 e. The fourth-order valence-electron chi connectivity index (χ4n) is 2.04. The molecule has 0 aliphatic rings. The van der Waals surface area contributed by atoms with Gasteiger partial charge in [-0.15, -0.1) is 0 Å². The minimum Gasteiger partial charge on any atom is -0.338 e. The van der Waals surface area contributed by atoms with Crippen LogP contribution >= 0.6 is 0 Å². The van der Waals surface area contributed by atoms with Crippen molar-refractivity contribution in [2.75, 3.05) is 5.32 Å². The molecule has 1 amide bonds. The Balaban J connectivity index is 1.99. The van der Waals surface area contributed by atoms with Gasteiger partial charge in [0, 0.05) is 17.7 Å². The summed E-state index contributed by atoms with van der Waals surface area (Å²) in [6.45, 7) is 5.00. The van der Waals surface area contributed by atoms with Gasteiger partial charge in [-0.3, -0.25) is 15.4 Å². The number of benzene rings is 1. The van der Waals surface area contributed by atoms with Crippen LogP contribution in [0.25, 0.3) is 0 Å². The lowest BCUT2D eigenvalue weighted by atomic mass is 10.1. The average Bonchev–Trinajstić information content (AvgIpc) is 2.86. The van der Waals surface area contributed by atoms with Crippen LogP contribution in [0.4, 0.5) is 14.7 Å². The predicted octanol–water partition coefficient (Wildman–Crippen LogP) is 2.94. The van der Waals surface area contributed by atoms with E-state index < -0.39 is 23.7 Å². The maximum Gasteiger partial charge on any atom is 0.243 e. The molecule has 0 radical (unpaired) electrons. The van der Waals surface area contributed by atoms with Crippen LogP contribution < -0.4 is 10.6 Å². The SMILES string of the molecule is Cc1cc(NC(=O)[C@@H](C)N[C@@H](C)c2cc(F)ccc2F)on1. The van der Waals surface area contributed by atoms with E-state index in [9.17, 15) is 13.6 Å². The average molecular weight is 309 g/mol. The number of amides is 1. The van der Waals surface area contributed by atoms with Crippen molar-refractivity contribution in [2.24, 2.45) is 0 Å². The molecule has 1 aromatic heterocycles. The lowest BCUT2D eigenvalue weighted by Gasteiger charge is -2.20. The molecule has 5 nitrogen and oxygen atoms in total. The fourth-order valence-corrected chi connectivity index (χ4v) is 2.04. The zero-order valence-electron chi connectivity index (χ0n) is 12.5. The van der Waals surface area contributed by atoms with Crippen molar-refractivity contribution in [3.8, 4) is 0 Å². The molecular formula is C15H17F2N3O2. The quantitative estimate of drug-likeness (QED) is 0.891.